The summed E-state index contributed by atoms with van der Waals surface area (Å²) in [6, 6.07) is 6.79. The van der Waals surface area contributed by atoms with Crippen LogP contribution < -0.4 is 10.1 Å². The van der Waals surface area contributed by atoms with Crippen LogP contribution in [0.2, 0.25) is 10.1 Å². The molecule has 0 saturated heterocycles. The summed E-state index contributed by atoms with van der Waals surface area (Å²) in [5.74, 6) is -0.726. The zero-order valence-electron chi connectivity index (χ0n) is 14.6. The quantitative estimate of drug-likeness (QED) is 0.468. The van der Waals surface area contributed by atoms with E-state index < -0.39 is 18.5 Å². The van der Waals surface area contributed by atoms with Crippen molar-refractivity contribution in [3.8, 4) is 0 Å². The summed E-state index contributed by atoms with van der Waals surface area (Å²) >= 11 is 0. The summed E-state index contributed by atoms with van der Waals surface area (Å²) in [5, 5.41) is -0.241. The fraction of sp³-hybridized carbons (Fsp3) is 0.444. The molecule has 3 nitrogen and oxygen atoms in total. The van der Waals surface area contributed by atoms with Crippen LogP contribution in [0.1, 0.15) is 41.5 Å². The van der Waals surface area contributed by atoms with Gasteiger partial charge in [-0.2, -0.15) is 0 Å². The highest BCUT2D eigenvalue weighted by atomic mass is 28.4. The molecule has 2 rings (SSSR count). The molecule has 5 heteroatoms. The molecular weight excluding hydrogens is 309 g/mol. The van der Waals surface area contributed by atoms with Gasteiger partial charge in [-0.1, -0.05) is 53.7 Å². The van der Waals surface area contributed by atoms with E-state index in [1.807, 2.05) is 41.5 Å². The normalized spacial score (nSPS) is 16.4. The van der Waals surface area contributed by atoms with Gasteiger partial charge in [-0.3, -0.25) is 9.59 Å². The molecule has 124 valence electrons. The van der Waals surface area contributed by atoms with Crippen molar-refractivity contribution < 1.29 is 13.7 Å². The van der Waals surface area contributed by atoms with Gasteiger partial charge in [0.25, 0.3) is 20.2 Å². The molecule has 0 atom stereocenters. The van der Waals surface area contributed by atoms with E-state index >= 15 is 4.11 Å². The fourth-order valence-electron chi connectivity index (χ4n) is 3.49. The Kier molecular flexibility index (Phi) is 4.14. The number of anilines is 1. The highest BCUT2D eigenvalue weighted by molar-refractivity contribution is 6.90. The van der Waals surface area contributed by atoms with Gasteiger partial charge in [-0.05, 0) is 27.4 Å². The van der Waals surface area contributed by atoms with Gasteiger partial charge in [0.15, 0.2) is 0 Å². The van der Waals surface area contributed by atoms with E-state index in [4.69, 9.17) is 0 Å². The summed E-state index contributed by atoms with van der Waals surface area (Å²) < 4.78 is 16.2. The second-order valence-corrected chi connectivity index (χ2v) is 12.9. The van der Waals surface area contributed by atoms with Crippen molar-refractivity contribution in [1.82, 2.24) is 0 Å². The number of hydrogen-bond donors (Lipinski definition) is 0. The van der Waals surface area contributed by atoms with E-state index in [0.29, 0.717) is 10.9 Å². The Labute approximate surface area is 138 Å². The van der Waals surface area contributed by atoms with Crippen molar-refractivity contribution in [2.45, 2.75) is 51.6 Å². The maximum atomic E-state index is 16.2. The Hall–Kier alpha value is -1.75. The van der Waals surface area contributed by atoms with Crippen LogP contribution >= 0.6 is 0 Å². The summed E-state index contributed by atoms with van der Waals surface area (Å²) in [7, 11) is -3.33. The number of benzene rings is 1. The minimum absolute atomic E-state index is 0.363. The molecule has 1 aromatic carbocycles. The Morgan fingerprint density at radius 2 is 1.22 bits per heavy atom. The largest absolute Gasteiger partial charge is 0.307 e. The third-order valence-corrected chi connectivity index (χ3v) is 9.66. The molecule has 1 heterocycles. The highest BCUT2D eigenvalue weighted by Crippen LogP contribution is 2.51. The molecule has 1 aliphatic rings. The number of carbonyl (C=O) groups is 2. The third-order valence-electron chi connectivity index (χ3n) is 4.40. The lowest BCUT2D eigenvalue weighted by Gasteiger charge is -2.45. The van der Waals surface area contributed by atoms with E-state index in [2.05, 4.69) is 0 Å². The molecular formula is C18H24FNO2Si. The van der Waals surface area contributed by atoms with Gasteiger partial charge >= 0.3 is 0 Å². The Bertz CT molecular complexity index is 634. The van der Waals surface area contributed by atoms with E-state index in [-0.39, 0.29) is 11.8 Å². The lowest BCUT2D eigenvalue weighted by atomic mass is 10.2. The molecule has 0 aromatic heterocycles. The fourth-order valence-corrected chi connectivity index (χ4v) is 8.09. The molecule has 23 heavy (non-hydrogen) atoms. The van der Waals surface area contributed by atoms with Gasteiger partial charge in [0.2, 0.25) is 0 Å². The molecule has 2 amide bonds. The summed E-state index contributed by atoms with van der Waals surface area (Å²) in [4.78, 5) is 24.6. The summed E-state index contributed by atoms with van der Waals surface area (Å²) in [5.41, 5.74) is 0.480. The topological polar surface area (TPSA) is 37.4 Å². The molecule has 0 bridgehead atoms. The first-order chi connectivity index (χ1) is 10.4. The van der Waals surface area contributed by atoms with Gasteiger partial charge in [-0.15, -0.1) is 0 Å². The van der Waals surface area contributed by atoms with Crippen LogP contribution in [0.3, 0.4) is 0 Å². The highest BCUT2D eigenvalue weighted by Gasteiger charge is 2.56. The molecule has 1 aliphatic heterocycles. The second-order valence-electron chi connectivity index (χ2n) is 8.05. The van der Waals surface area contributed by atoms with Crippen molar-refractivity contribution in [2.24, 2.45) is 0 Å². The van der Waals surface area contributed by atoms with E-state index in [1.165, 1.54) is 12.2 Å². The number of imide groups is 1. The van der Waals surface area contributed by atoms with E-state index in [9.17, 15) is 9.59 Å². The van der Waals surface area contributed by atoms with E-state index in [1.54, 1.807) is 24.3 Å². The SMILES string of the molecule is CC(C)(C)[Si](F)(c1ccc(N2C(=O)C=CC2=O)cc1)C(C)(C)C. The lowest BCUT2D eigenvalue weighted by molar-refractivity contribution is -0.119. The van der Waals surface area contributed by atoms with Gasteiger partial charge < -0.3 is 4.11 Å². The minimum Gasteiger partial charge on any atom is -0.307 e. The average Bonchev–Trinajstić information content (AvgIpc) is 2.75. The summed E-state index contributed by atoms with van der Waals surface area (Å²) in [6.45, 7) is 11.6. The van der Waals surface area contributed by atoms with Crippen LogP contribution in [0.15, 0.2) is 36.4 Å². The number of amides is 2. The first-order valence-electron chi connectivity index (χ1n) is 7.75. The average molecular weight is 333 g/mol. The molecule has 0 radical (unpaired) electrons. The number of halogens is 1. The smallest absolute Gasteiger partial charge is 0.288 e. The van der Waals surface area contributed by atoms with Crippen molar-refractivity contribution in [1.29, 1.82) is 0 Å². The molecule has 0 unspecified atom stereocenters. The Morgan fingerprint density at radius 3 is 1.57 bits per heavy atom. The standard InChI is InChI=1S/C18H24FNO2Si/c1-17(2,3)23(19,18(4,5)6)14-9-7-13(8-10-14)20-15(21)11-12-16(20)22/h7-12H,1-6H3. The minimum atomic E-state index is -3.33. The predicted octanol–water partition coefficient (Wildman–Crippen LogP) is 3.84. The van der Waals surface area contributed by atoms with Crippen molar-refractivity contribution in [3.63, 3.8) is 0 Å². The maximum Gasteiger partial charge on any atom is 0.288 e. The van der Waals surface area contributed by atoms with Crippen LogP contribution in [0.4, 0.5) is 9.80 Å². The molecule has 0 spiro atoms. The predicted molar refractivity (Wildman–Crippen MR) is 94.0 cm³/mol. The van der Waals surface area contributed by atoms with Crippen LogP contribution in [-0.2, 0) is 9.59 Å². The Morgan fingerprint density at radius 1 is 0.826 bits per heavy atom. The van der Waals surface area contributed by atoms with Gasteiger partial charge in [0.05, 0.1) is 5.69 Å². The first-order valence-corrected chi connectivity index (χ1v) is 9.63. The van der Waals surface area contributed by atoms with Crippen LogP contribution in [0, 0.1) is 0 Å². The lowest BCUT2D eigenvalue weighted by Crippen LogP contribution is -2.57. The number of carbonyl (C=O) groups excluding carboxylic acids is 2. The third kappa shape index (κ3) is 2.78. The van der Waals surface area contributed by atoms with Crippen LogP contribution in [0.5, 0.6) is 0 Å². The number of rotatable bonds is 2. The van der Waals surface area contributed by atoms with Crippen LogP contribution in [-0.4, -0.2) is 20.2 Å². The van der Waals surface area contributed by atoms with Crippen LogP contribution in [0.25, 0.3) is 0 Å². The molecule has 0 saturated carbocycles. The van der Waals surface area contributed by atoms with Gasteiger partial charge in [-0.25, -0.2) is 4.90 Å². The zero-order valence-corrected chi connectivity index (χ0v) is 15.6. The molecule has 0 N–H and O–H groups in total. The number of nitrogens with zero attached hydrogens (tertiary/aromatic N) is 1. The second kappa shape index (κ2) is 5.41. The summed E-state index contributed by atoms with van der Waals surface area (Å²) in [6.07, 6.45) is 2.49. The maximum absolute atomic E-state index is 16.2. The number of hydrogen-bond acceptors (Lipinski definition) is 2. The van der Waals surface area contributed by atoms with Crippen molar-refractivity contribution >= 4 is 31.1 Å². The zero-order chi connectivity index (χ0) is 17.6. The van der Waals surface area contributed by atoms with Crippen molar-refractivity contribution in [2.75, 3.05) is 4.90 Å². The van der Waals surface area contributed by atoms with Crippen molar-refractivity contribution in [3.05, 3.63) is 36.4 Å². The van der Waals surface area contributed by atoms with Gasteiger partial charge in [0, 0.05) is 12.2 Å². The molecule has 1 aromatic rings. The molecule has 0 fully saturated rings. The van der Waals surface area contributed by atoms with E-state index in [0.717, 1.165) is 4.90 Å². The Balaban J connectivity index is 2.46. The first kappa shape index (κ1) is 17.6. The molecule has 0 aliphatic carbocycles. The monoisotopic (exact) mass is 333 g/mol. The van der Waals surface area contributed by atoms with Gasteiger partial charge in [0.1, 0.15) is 0 Å².